The second-order valence-corrected chi connectivity index (χ2v) is 8.33. The van der Waals surface area contributed by atoms with Crippen LogP contribution < -0.4 is 20.3 Å². The molecule has 182 valence electrons. The number of aryl methyl sites for hydroxylation is 1. The van der Waals surface area contributed by atoms with Crippen molar-refractivity contribution in [1.29, 1.82) is 0 Å². The molecule has 0 aliphatic rings. The molecular weight excluding hydrogens is 462 g/mol. The minimum atomic E-state index is -0.531. The Morgan fingerprint density at radius 3 is 2.59 bits per heavy atom. The molecule has 2 heterocycles. The van der Waals surface area contributed by atoms with E-state index in [0.717, 1.165) is 16.9 Å². The van der Waals surface area contributed by atoms with Crippen LogP contribution >= 0.6 is 11.3 Å². The summed E-state index contributed by atoms with van der Waals surface area (Å²) in [7, 11) is 4.64. The van der Waals surface area contributed by atoms with Crippen molar-refractivity contribution in [3.63, 3.8) is 0 Å². The van der Waals surface area contributed by atoms with Gasteiger partial charge >= 0.3 is 5.97 Å². The molecule has 2 aromatic heterocycles. The summed E-state index contributed by atoms with van der Waals surface area (Å²) in [5.41, 5.74) is 1.07. The maximum atomic E-state index is 13.0. The lowest BCUT2D eigenvalue weighted by Crippen LogP contribution is -2.33. The highest BCUT2D eigenvalue weighted by Crippen LogP contribution is 2.28. The van der Waals surface area contributed by atoms with Crippen molar-refractivity contribution < 1.29 is 28.5 Å². The van der Waals surface area contributed by atoms with E-state index in [4.69, 9.17) is 18.9 Å². The molecule has 0 spiro atoms. The molecule has 0 bridgehead atoms. The second kappa shape index (κ2) is 11.6. The number of amides is 1. The zero-order valence-corrected chi connectivity index (χ0v) is 20.3. The van der Waals surface area contributed by atoms with Crippen molar-refractivity contribution >= 4 is 33.4 Å². The number of fused-ring (bicyclic) bond motifs is 1. The van der Waals surface area contributed by atoms with Crippen LogP contribution in [0.15, 0.2) is 29.3 Å². The van der Waals surface area contributed by atoms with Gasteiger partial charge in [0.2, 0.25) is 5.91 Å². The van der Waals surface area contributed by atoms with E-state index < -0.39 is 5.97 Å². The first kappa shape index (κ1) is 25.2. The molecule has 1 amide bonds. The van der Waals surface area contributed by atoms with E-state index in [1.807, 2.05) is 12.1 Å². The third-order valence-electron chi connectivity index (χ3n) is 5.12. The van der Waals surface area contributed by atoms with Crippen LogP contribution in [0, 0.1) is 6.92 Å². The zero-order valence-electron chi connectivity index (χ0n) is 19.5. The molecule has 0 unspecified atom stereocenters. The van der Waals surface area contributed by atoms with Gasteiger partial charge < -0.3 is 24.3 Å². The molecule has 0 aliphatic carbocycles. The summed E-state index contributed by atoms with van der Waals surface area (Å²) in [5.74, 6) is 0.394. The molecule has 10 nitrogen and oxygen atoms in total. The van der Waals surface area contributed by atoms with E-state index in [2.05, 4.69) is 10.3 Å². The van der Waals surface area contributed by atoms with Gasteiger partial charge in [0.05, 0.1) is 32.5 Å². The Kier molecular flexibility index (Phi) is 8.61. The number of esters is 1. The number of nitrogens with one attached hydrogen (secondary N) is 1. The lowest BCUT2D eigenvalue weighted by atomic mass is 10.1. The molecule has 3 rings (SSSR count). The second-order valence-electron chi connectivity index (χ2n) is 7.33. The number of carbonyl (C=O) groups is 2. The monoisotopic (exact) mass is 489 g/mol. The van der Waals surface area contributed by atoms with Crippen LogP contribution in [-0.4, -0.2) is 62.5 Å². The maximum absolute atomic E-state index is 13.0. The first-order valence-corrected chi connectivity index (χ1v) is 11.3. The van der Waals surface area contributed by atoms with Crippen LogP contribution in [0.1, 0.15) is 20.8 Å². The lowest BCUT2D eigenvalue weighted by molar-refractivity contribution is -0.121. The number of carbonyl (C=O) groups excluding carboxylic acids is 2. The van der Waals surface area contributed by atoms with E-state index in [9.17, 15) is 14.4 Å². The van der Waals surface area contributed by atoms with Crippen LogP contribution in [0.5, 0.6) is 11.5 Å². The van der Waals surface area contributed by atoms with Gasteiger partial charge in [-0.3, -0.25) is 14.2 Å². The van der Waals surface area contributed by atoms with Gasteiger partial charge in [-0.1, -0.05) is 6.07 Å². The Morgan fingerprint density at radius 1 is 1.12 bits per heavy atom. The third kappa shape index (κ3) is 5.72. The number of rotatable bonds is 11. The fourth-order valence-electron chi connectivity index (χ4n) is 3.34. The van der Waals surface area contributed by atoms with Crippen molar-refractivity contribution in [1.82, 2.24) is 14.9 Å². The molecule has 3 aromatic rings. The number of methoxy groups -OCH3 is 3. The molecule has 1 N–H and O–H groups in total. The summed E-state index contributed by atoms with van der Waals surface area (Å²) in [6, 6.07) is 5.55. The minimum Gasteiger partial charge on any atom is -0.493 e. The fraction of sp³-hybridized carbons (Fsp3) is 0.391. The number of ether oxygens (including phenoxy) is 4. The zero-order chi connectivity index (χ0) is 24.7. The first-order valence-electron chi connectivity index (χ1n) is 10.5. The Hall–Kier alpha value is -3.44. The van der Waals surface area contributed by atoms with Crippen LogP contribution in [0.25, 0.3) is 10.2 Å². The molecule has 11 heteroatoms. The third-order valence-corrected chi connectivity index (χ3v) is 6.30. The summed E-state index contributed by atoms with van der Waals surface area (Å²) < 4.78 is 21.8. The molecule has 0 saturated heterocycles. The number of benzene rings is 1. The molecule has 0 aliphatic heterocycles. The summed E-state index contributed by atoms with van der Waals surface area (Å²) in [6.45, 7) is 2.26. The molecule has 0 radical (unpaired) electrons. The van der Waals surface area contributed by atoms with E-state index in [1.54, 1.807) is 27.2 Å². The van der Waals surface area contributed by atoms with Crippen LogP contribution in [0.2, 0.25) is 0 Å². The average Bonchev–Trinajstić information content (AvgIpc) is 3.18. The molecular formula is C23H27N3O7S. The SMILES string of the molecule is COCCOC(=O)c1sc2ncn(CC(=O)NCCc3ccc(OC)c(OC)c3)c(=O)c2c1C. The van der Waals surface area contributed by atoms with Gasteiger partial charge in [-0.15, -0.1) is 11.3 Å². The standard InChI is InChI=1S/C23H27N3O7S/c1-14-19-21(34-20(14)23(29)33-10-9-30-2)25-13-26(22(19)28)12-18(27)24-8-7-15-5-6-16(31-3)17(11-15)32-4/h5-6,11,13H,7-10,12H2,1-4H3,(H,24,27). The van der Waals surface area contributed by atoms with Crippen LogP contribution in [-0.2, 0) is 27.2 Å². The van der Waals surface area contributed by atoms with Crippen molar-refractivity contribution in [3.8, 4) is 11.5 Å². The highest BCUT2D eigenvalue weighted by molar-refractivity contribution is 7.20. The van der Waals surface area contributed by atoms with Crippen molar-refractivity contribution in [2.75, 3.05) is 41.1 Å². The number of aromatic nitrogens is 2. The van der Waals surface area contributed by atoms with Gasteiger partial charge in [-0.25, -0.2) is 9.78 Å². The van der Waals surface area contributed by atoms with E-state index in [0.29, 0.717) is 45.1 Å². The number of nitrogens with zero attached hydrogens (tertiary/aromatic N) is 2. The predicted octanol–water partition coefficient (Wildman–Crippen LogP) is 1.95. The smallest absolute Gasteiger partial charge is 0.348 e. The van der Waals surface area contributed by atoms with Crippen molar-refractivity contribution in [3.05, 3.63) is 50.9 Å². The Bertz CT molecular complexity index is 1240. The first-order chi connectivity index (χ1) is 16.4. The van der Waals surface area contributed by atoms with Crippen LogP contribution in [0.3, 0.4) is 0 Å². The summed E-state index contributed by atoms with van der Waals surface area (Å²) >= 11 is 1.09. The van der Waals surface area contributed by atoms with Crippen molar-refractivity contribution in [2.45, 2.75) is 19.9 Å². The summed E-state index contributed by atoms with van der Waals surface area (Å²) in [4.78, 5) is 42.7. The molecule has 1 aromatic carbocycles. The van der Waals surface area contributed by atoms with E-state index >= 15 is 0 Å². The minimum absolute atomic E-state index is 0.115. The molecule has 0 atom stereocenters. The van der Waals surface area contributed by atoms with Gasteiger partial charge in [-0.05, 0) is 36.6 Å². The summed E-state index contributed by atoms with van der Waals surface area (Å²) in [6.07, 6.45) is 1.89. The number of hydrogen-bond donors (Lipinski definition) is 1. The topological polar surface area (TPSA) is 118 Å². The Morgan fingerprint density at radius 2 is 1.88 bits per heavy atom. The summed E-state index contributed by atoms with van der Waals surface area (Å²) in [5, 5.41) is 3.12. The van der Waals surface area contributed by atoms with Gasteiger partial charge in [0.15, 0.2) is 11.5 Å². The van der Waals surface area contributed by atoms with Gasteiger partial charge in [-0.2, -0.15) is 0 Å². The largest absolute Gasteiger partial charge is 0.493 e. The van der Waals surface area contributed by atoms with Crippen LogP contribution in [0.4, 0.5) is 0 Å². The highest BCUT2D eigenvalue weighted by atomic mass is 32.1. The number of hydrogen-bond acceptors (Lipinski definition) is 9. The molecule has 0 fully saturated rings. The predicted molar refractivity (Wildman–Crippen MR) is 127 cm³/mol. The number of thiophene rings is 1. The molecule has 0 saturated carbocycles. The Balaban J connectivity index is 1.65. The molecule has 34 heavy (non-hydrogen) atoms. The maximum Gasteiger partial charge on any atom is 0.348 e. The average molecular weight is 490 g/mol. The van der Waals surface area contributed by atoms with Gasteiger partial charge in [0, 0.05) is 13.7 Å². The van der Waals surface area contributed by atoms with Gasteiger partial charge in [0.25, 0.3) is 5.56 Å². The van der Waals surface area contributed by atoms with Crippen molar-refractivity contribution in [2.24, 2.45) is 0 Å². The lowest BCUT2D eigenvalue weighted by Gasteiger charge is -2.10. The quantitative estimate of drug-likeness (QED) is 0.321. The Labute approximate surface area is 200 Å². The fourth-order valence-corrected chi connectivity index (χ4v) is 4.38. The van der Waals surface area contributed by atoms with E-state index in [1.165, 1.54) is 18.0 Å². The van der Waals surface area contributed by atoms with Gasteiger partial charge in [0.1, 0.15) is 22.9 Å². The van der Waals surface area contributed by atoms with E-state index in [-0.39, 0.29) is 31.2 Å². The highest BCUT2D eigenvalue weighted by Gasteiger charge is 2.21. The normalized spacial score (nSPS) is 10.8.